The second kappa shape index (κ2) is 8.53. The normalized spacial score (nSPS) is 15.4. The molecule has 0 saturated heterocycles. The molecule has 0 saturated carbocycles. The van der Waals surface area contributed by atoms with E-state index in [4.69, 9.17) is 16.3 Å². The van der Waals surface area contributed by atoms with Crippen molar-refractivity contribution in [1.29, 1.82) is 0 Å². The number of rotatable bonds is 6. The number of fused-ring (bicyclic) bond motifs is 1. The Morgan fingerprint density at radius 2 is 2.10 bits per heavy atom. The van der Waals surface area contributed by atoms with Crippen molar-refractivity contribution in [3.63, 3.8) is 0 Å². The molecule has 3 rings (SSSR count). The third kappa shape index (κ3) is 4.05. The van der Waals surface area contributed by atoms with Crippen molar-refractivity contribution in [3.8, 4) is 0 Å². The summed E-state index contributed by atoms with van der Waals surface area (Å²) in [4.78, 5) is 29.5. The molecule has 0 bridgehead atoms. The van der Waals surface area contributed by atoms with Crippen molar-refractivity contribution in [2.75, 3.05) is 17.2 Å². The van der Waals surface area contributed by atoms with E-state index in [0.717, 1.165) is 5.69 Å². The van der Waals surface area contributed by atoms with Crippen molar-refractivity contribution >= 4 is 34.9 Å². The molecule has 1 unspecified atom stereocenters. The first-order valence-corrected chi connectivity index (χ1v) is 9.68. The summed E-state index contributed by atoms with van der Waals surface area (Å²) in [5.41, 5.74) is 2.15. The number of esters is 1. The van der Waals surface area contributed by atoms with E-state index in [0.29, 0.717) is 33.5 Å². The highest BCUT2D eigenvalue weighted by atomic mass is 35.5. The highest BCUT2D eigenvalue weighted by Gasteiger charge is 2.33. The number of nitrogens with zero attached hydrogens (tertiary/aromatic N) is 2. The Bertz CT molecular complexity index is 1040. The van der Waals surface area contributed by atoms with Crippen LogP contribution in [0.4, 0.5) is 17.3 Å². The third-order valence-electron chi connectivity index (χ3n) is 4.71. The summed E-state index contributed by atoms with van der Waals surface area (Å²) in [6.07, 6.45) is 1.63. The smallest absolute Gasteiger partial charge is 0.351 e. The summed E-state index contributed by atoms with van der Waals surface area (Å²) in [6.45, 7) is 9.74. The predicted molar refractivity (Wildman–Crippen MR) is 115 cm³/mol. The monoisotopic (exact) mass is 414 g/mol. The Morgan fingerprint density at radius 1 is 1.41 bits per heavy atom. The van der Waals surface area contributed by atoms with Crippen molar-refractivity contribution in [1.82, 2.24) is 9.55 Å². The molecule has 0 amide bonds. The molecule has 1 aliphatic rings. The van der Waals surface area contributed by atoms with Crippen LogP contribution >= 0.6 is 11.6 Å². The summed E-state index contributed by atoms with van der Waals surface area (Å²) in [5, 5.41) is 6.99. The number of ether oxygens (including phenoxy) is 1. The average molecular weight is 415 g/mol. The van der Waals surface area contributed by atoms with Crippen LogP contribution in [0, 0.1) is 0 Å². The molecule has 7 nitrogen and oxygen atoms in total. The lowest BCUT2D eigenvalue weighted by Gasteiger charge is -2.30. The first-order chi connectivity index (χ1) is 13.9. The number of aromatic nitrogens is 2. The van der Waals surface area contributed by atoms with Gasteiger partial charge in [-0.25, -0.2) is 9.59 Å². The number of hydrogen-bond acceptors (Lipinski definition) is 6. The van der Waals surface area contributed by atoms with Gasteiger partial charge in [0.2, 0.25) is 0 Å². The van der Waals surface area contributed by atoms with Crippen LogP contribution in [-0.4, -0.2) is 22.1 Å². The Kier molecular flexibility index (Phi) is 6.08. The average Bonchev–Trinajstić information content (AvgIpc) is 2.66. The molecule has 8 heteroatoms. The van der Waals surface area contributed by atoms with Crippen LogP contribution in [-0.2, 0) is 16.1 Å². The van der Waals surface area contributed by atoms with Crippen LogP contribution in [0.3, 0.4) is 0 Å². The van der Waals surface area contributed by atoms with E-state index in [1.807, 2.05) is 6.92 Å². The lowest BCUT2D eigenvalue weighted by Crippen LogP contribution is -2.32. The van der Waals surface area contributed by atoms with Gasteiger partial charge in [0.05, 0.1) is 12.2 Å². The van der Waals surface area contributed by atoms with Gasteiger partial charge in [-0.2, -0.15) is 4.98 Å². The topological polar surface area (TPSA) is 85.2 Å². The Labute approximate surface area is 174 Å². The zero-order valence-corrected chi connectivity index (χ0v) is 17.3. The van der Waals surface area contributed by atoms with Crippen molar-refractivity contribution in [3.05, 3.63) is 69.3 Å². The standard InChI is InChI=1S/C21H23ClN4O3/c1-5-11-26-19-17(12(3)16(13(4)23-19)20(27)29-6-2)18(25-21(26)28)24-15-9-7-14(22)8-10-15/h5,7-10,12,23H,1,6,11H2,2-4H3,(H,24,25,28). The molecule has 0 radical (unpaired) electrons. The minimum Gasteiger partial charge on any atom is -0.463 e. The van der Waals surface area contributed by atoms with Crippen molar-refractivity contribution < 1.29 is 9.53 Å². The highest BCUT2D eigenvalue weighted by Crippen LogP contribution is 2.41. The van der Waals surface area contributed by atoms with E-state index in [1.54, 1.807) is 44.2 Å². The number of carbonyl (C=O) groups is 1. The molecule has 1 aliphatic heterocycles. The van der Waals surface area contributed by atoms with Gasteiger partial charge in [0.25, 0.3) is 0 Å². The van der Waals surface area contributed by atoms with Crippen molar-refractivity contribution in [2.45, 2.75) is 33.2 Å². The Morgan fingerprint density at radius 3 is 2.72 bits per heavy atom. The fraction of sp³-hybridized carbons (Fsp3) is 0.286. The minimum absolute atomic E-state index is 0.277. The van der Waals surface area contributed by atoms with E-state index in [9.17, 15) is 9.59 Å². The van der Waals surface area contributed by atoms with Crippen LogP contribution < -0.4 is 16.3 Å². The van der Waals surface area contributed by atoms with Gasteiger partial charge in [0.15, 0.2) is 0 Å². The molecule has 1 aromatic heterocycles. The molecule has 0 aliphatic carbocycles. The van der Waals surface area contributed by atoms with E-state index < -0.39 is 11.7 Å². The molecule has 0 spiro atoms. The van der Waals surface area contributed by atoms with Crippen LogP contribution in [0.25, 0.3) is 0 Å². The Hall–Kier alpha value is -3.06. The van der Waals surface area contributed by atoms with Crippen LogP contribution in [0.2, 0.25) is 5.02 Å². The number of anilines is 3. The Balaban J connectivity index is 2.16. The zero-order valence-electron chi connectivity index (χ0n) is 16.6. The van der Waals surface area contributed by atoms with Crippen LogP contribution in [0.5, 0.6) is 0 Å². The van der Waals surface area contributed by atoms with Gasteiger partial charge in [0, 0.05) is 34.4 Å². The lowest BCUT2D eigenvalue weighted by molar-refractivity contribution is -0.138. The van der Waals surface area contributed by atoms with Gasteiger partial charge >= 0.3 is 11.7 Å². The number of hydrogen-bond donors (Lipinski definition) is 2. The van der Waals surface area contributed by atoms with Crippen molar-refractivity contribution in [2.24, 2.45) is 0 Å². The summed E-state index contributed by atoms with van der Waals surface area (Å²) >= 11 is 5.96. The molecule has 1 aromatic carbocycles. The fourth-order valence-electron chi connectivity index (χ4n) is 3.43. The van der Waals surface area contributed by atoms with Gasteiger partial charge < -0.3 is 15.4 Å². The molecule has 1 atom stereocenters. The SMILES string of the molecule is C=CCn1c2c(c(Nc3ccc(Cl)cc3)nc1=O)C(C)C(C(=O)OCC)=C(C)N2. The van der Waals surface area contributed by atoms with Crippen LogP contribution in [0.15, 0.2) is 53.0 Å². The summed E-state index contributed by atoms with van der Waals surface area (Å²) < 4.78 is 6.73. The van der Waals surface area contributed by atoms with Crippen LogP contribution in [0.1, 0.15) is 32.3 Å². The van der Waals surface area contributed by atoms with E-state index in [1.165, 1.54) is 4.57 Å². The molecule has 152 valence electrons. The second-order valence-electron chi connectivity index (χ2n) is 6.64. The molecule has 2 heterocycles. The quantitative estimate of drug-likeness (QED) is 0.544. The summed E-state index contributed by atoms with van der Waals surface area (Å²) in [6, 6.07) is 7.07. The molecule has 29 heavy (non-hydrogen) atoms. The lowest BCUT2D eigenvalue weighted by atomic mass is 9.88. The van der Waals surface area contributed by atoms with Gasteiger partial charge in [-0.05, 0) is 38.1 Å². The summed E-state index contributed by atoms with van der Waals surface area (Å²) in [5.74, 6) is 0.222. The number of halogens is 1. The van der Waals surface area contributed by atoms with Gasteiger partial charge in [-0.15, -0.1) is 6.58 Å². The molecule has 2 aromatic rings. The molecule has 2 N–H and O–H groups in total. The fourth-order valence-corrected chi connectivity index (χ4v) is 3.56. The van der Waals surface area contributed by atoms with E-state index in [2.05, 4.69) is 22.2 Å². The van der Waals surface area contributed by atoms with E-state index >= 15 is 0 Å². The first-order valence-electron chi connectivity index (χ1n) is 9.30. The maximum Gasteiger partial charge on any atom is 0.351 e. The van der Waals surface area contributed by atoms with Gasteiger partial charge in [0.1, 0.15) is 11.6 Å². The molecular weight excluding hydrogens is 392 g/mol. The zero-order chi connectivity index (χ0) is 21.1. The van der Waals surface area contributed by atoms with Gasteiger partial charge in [-0.3, -0.25) is 4.57 Å². The first kappa shape index (κ1) is 20.7. The molecule has 0 fully saturated rings. The van der Waals surface area contributed by atoms with Gasteiger partial charge in [-0.1, -0.05) is 24.6 Å². The summed E-state index contributed by atoms with van der Waals surface area (Å²) in [7, 11) is 0. The maximum absolute atomic E-state index is 12.7. The highest BCUT2D eigenvalue weighted by molar-refractivity contribution is 6.30. The second-order valence-corrected chi connectivity index (χ2v) is 7.08. The number of nitrogens with one attached hydrogen (secondary N) is 2. The molecular formula is C21H23ClN4O3. The number of carbonyl (C=O) groups excluding carboxylic acids is 1. The number of allylic oxidation sites excluding steroid dienone is 2. The minimum atomic E-state index is -0.424. The predicted octanol–water partition coefficient (Wildman–Crippen LogP) is 4.19. The largest absolute Gasteiger partial charge is 0.463 e. The third-order valence-corrected chi connectivity index (χ3v) is 4.96. The number of benzene rings is 1. The maximum atomic E-state index is 12.7. The van der Waals surface area contributed by atoms with E-state index in [-0.39, 0.29) is 19.1 Å².